The molecule has 0 heterocycles. The Labute approximate surface area is 111 Å². The summed E-state index contributed by atoms with van der Waals surface area (Å²) in [5.41, 5.74) is 4.95. The number of urea groups is 1. The van der Waals surface area contributed by atoms with E-state index < -0.39 is 15.8 Å². The Morgan fingerprint density at radius 2 is 1.89 bits per heavy atom. The van der Waals surface area contributed by atoms with Gasteiger partial charge in [0, 0.05) is 20.8 Å². The molecule has 0 aromatic carbocycles. The Bertz CT molecular complexity index is 203. The quantitative estimate of drug-likeness (QED) is 0.307. The number of hydrogen-bond acceptors (Lipinski definition) is 4. The van der Waals surface area contributed by atoms with Gasteiger partial charge in [0.15, 0.2) is 16.1 Å². The van der Waals surface area contributed by atoms with Crippen molar-refractivity contribution in [1.82, 2.24) is 5.32 Å². The molecule has 0 radical (unpaired) electrons. The zero-order valence-corrected chi connectivity index (χ0v) is 12.9. The van der Waals surface area contributed by atoms with Crippen LogP contribution in [0.4, 0.5) is 4.79 Å². The van der Waals surface area contributed by atoms with Crippen LogP contribution in [0.1, 0.15) is 25.7 Å². The highest BCUT2D eigenvalue weighted by atomic mass is 28.2. The fourth-order valence-corrected chi connectivity index (χ4v) is 2.60. The predicted octanol–water partition coefficient (Wildman–Crippen LogP) is 0.353. The van der Waals surface area contributed by atoms with Crippen molar-refractivity contribution in [3.8, 4) is 0 Å². The average molecular weight is 278 g/mol. The number of ether oxygens (including phenoxy) is 2. The molecule has 0 aliphatic heterocycles. The van der Waals surface area contributed by atoms with Crippen molar-refractivity contribution < 1.29 is 18.7 Å². The number of nitrogens with one attached hydrogen (secondary N) is 1. The van der Waals surface area contributed by atoms with E-state index in [1.165, 1.54) is 18.9 Å². The van der Waals surface area contributed by atoms with E-state index in [0.29, 0.717) is 13.2 Å². The average Bonchev–Trinajstić information content (AvgIpc) is 2.36. The number of nitrogens with two attached hydrogens (primary N) is 1. The monoisotopic (exact) mass is 278 g/mol. The summed E-state index contributed by atoms with van der Waals surface area (Å²) >= 11 is 0. The summed E-state index contributed by atoms with van der Waals surface area (Å²) in [7, 11) is 2.77. The number of unbranched alkanes of at least 4 members (excludes halogenated alkanes) is 3. The molecule has 0 unspecified atom stereocenters. The summed E-state index contributed by atoms with van der Waals surface area (Å²) in [4.78, 5) is 10.4. The van der Waals surface area contributed by atoms with Crippen LogP contribution in [0.25, 0.3) is 0 Å². The standard InChI is InChI=1S/C11H26N2O4Si/c1-15-10(16-2)9-17-18-8-6-4-3-5-7-13-11(12)14/h10H,3-9,18H2,1-2H3,(H3,12,13,14). The molecule has 0 aromatic rings. The van der Waals surface area contributed by atoms with Crippen LogP contribution in [0.2, 0.25) is 6.04 Å². The lowest BCUT2D eigenvalue weighted by Crippen LogP contribution is -2.29. The summed E-state index contributed by atoms with van der Waals surface area (Å²) in [5, 5.41) is 2.58. The van der Waals surface area contributed by atoms with E-state index in [9.17, 15) is 4.79 Å². The molecule has 0 atom stereocenters. The highest BCUT2D eigenvalue weighted by molar-refractivity contribution is 6.26. The number of carbonyl (C=O) groups is 1. The van der Waals surface area contributed by atoms with Gasteiger partial charge in [-0.1, -0.05) is 19.3 Å². The van der Waals surface area contributed by atoms with Gasteiger partial charge in [-0.05, 0) is 12.5 Å². The Morgan fingerprint density at radius 3 is 2.50 bits per heavy atom. The van der Waals surface area contributed by atoms with Crippen molar-refractivity contribution in [2.24, 2.45) is 5.73 Å². The first-order valence-corrected chi connectivity index (χ1v) is 7.95. The predicted molar refractivity (Wildman–Crippen MR) is 73.2 cm³/mol. The number of primary amides is 1. The fraction of sp³-hybridized carbons (Fsp3) is 0.909. The Balaban J connectivity index is 3.09. The lowest BCUT2D eigenvalue weighted by atomic mass is 10.2. The van der Waals surface area contributed by atoms with Gasteiger partial charge < -0.3 is 25.0 Å². The summed E-state index contributed by atoms with van der Waals surface area (Å²) in [6.45, 7) is 1.20. The first-order valence-electron chi connectivity index (χ1n) is 6.37. The highest BCUT2D eigenvalue weighted by Gasteiger charge is 2.03. The van der Waals surface area contributed by atoms with Gasteiger partial charge in [0.1, 0.15) is 0 Å². The largest absolute Gasteiger partial charge is 0.419 e. The van der Waals surface area contributed by atoms with E-state index in [-0.39, 0.29) is 6.29 Å². The van der Waals surface area contributed by atoms with Crippen LogP contribution in [0.3, 0.4) is 0 Å². The van der Waals surface area contributed by atoms with Gasteiger partial charge >= 0.3 is 6.03 Å². The van der Waals surface area contributed by atoms with Crippen molar-refractivity contribution in [2.75, 3.05) is 27.4 Å². The van der Waals surface area contributed by atoms with Crippen molar-refractivity contribution >= 4 is 15.8 Å². The molecule has 0 saturated heterocycles. The van der Waals surface area contributed by atoms with Gasteiger partial charge in [-0.25, -0.2) is 4.79 Å². The van der Waals surface area contributed by atoms with Gasteiger partial charge in [-0.2, -0.15) is 0 Å². The molecule has 18 heavy (non-hydrogen) atoms. The Morgan fingerprint density at radius 1 is 1.22 bits per heavy atom. The molecule has 2 amide bonds. The third-order valence-corrected chi connectivity index (χ3v) is 3.86. The van der Waals surface area contributed by atoms with Gasteiger partial charge in [-0.15, -0.1) is 0 Å². The fourth-order valence-electron chi connectivity index (χ4n) is 1.48. The van der Waals surface area contributed by atoms with E-state index in [0.717, 1.165) is 12.8 Å². The van der Waals surface area contributed by atoms with Crippen LogP contribution in [-0.4, -0.2) is 49.5 Å². The second-order valence-corrected chi connectivity index (χ2v) is 5.56. The number of methoxy groups -OCH3 is 2. The zero-order valence-electron chi connectivity index (χ0n) is 11.4. The molecular formula is C11H26N2O4Si. The molecule has 0 spiro atoms. The van der Waals surface area contributed by atoms with E-state index in [1.54, 1.807) is 14.2 Å². The zero-order chi connectivity index (χ0) is 13.6. The summed E-state index contributed by atoms with van der Waals surface area (Å²) in [6, 6.07) is 0.727. The second-order valence-electron chi connectivity index (χ2n) is 4.03. The minimum Gasteiger partial charge on any atom is -0.419 e. The highest BCUT2D eigenvalue weighted by Crippen LogP contribution is 2.03. The van der Waals surface area contributed by atoms with Crippen LogP contribution in [0.5, 0.6) is 0 Å². The Kier molecular flexibility index (Phi) is 12.4. The minimum absolute atomic E-state index is 0.239. The number of hydrogen-bond donors (Lipinski definition) is 2. The van der Waals surface area contributed by atoms with Gasteiger partial charge in [0.25, 0.3) is 0 Å². The first-order chi connectivity index (χ1) is 8.70. The van der Waals surface area contributed by atoms with Crippen molar-refractivity contribution in [3.05, 3.63) is 0 Å². The molecular weight excluding hydrogens is 252 g/mol. The maximum absolute atomic E-state index is 10.4. The number of rotatable bonds is 12. The van der Waals surface area contributed by atoms with Gasteiger partial charge in [0.2, 0.25) is 0 Å². The van der Waals surface area contributed by atoms with Gasteiger partial charge in [-0.3, -0.25) is 0 Å². The van der Waals surface area contributed by atoms with Crippen molar-refractivity contribution in [2.45, 2.75) is 38.0 Å². The van der Waals surface area contributed by atoms with E-state index in [1.807, 2.05) is 0 Å². The maximum atomic E-state index is 10.4. The van der Waals surface area contributed by atoms with Crippen LogP contribution < -0.4 is 11.1 Å². The van der Waals surface area contributed by atoms with Crippen molar-refractivity contribution in [1.29, 1.82) is 0 Å². The molecule has 3 N–H and O–H groups in total. The second kappa shape index (κ2) is 12.8. The molecule has 0 saturated carbocycles. The van der Waals surface area contributed by atoms with Crippen LogP contribution in [0.15, 0.2) is 0 Å². The topological polar surface area (TPSA) is 82.8 Å². The molecule has 0 aliphatic rings. The molecule has 7 heteroatoms. The Hall–Kier alpha value is -0.633. The molecule has 0 aromatic heterocycles. The maximum Gasteiger partial charge on any atom is 0.312 e. The summed E-state index contributed by atoms with van der Waals surface area (Å²) in [5.74, 6) is 0. The molecule has 0 rings (SSSR count). The first kappa shape index (κ1) is 17.4. The summed E-state index contributed by atoms with van der Waals surface area (Å²) < 4.78 is 15.6. The lowest BCUT2D eigenvalue weighted by molar-refractivity contribution is -0.121. The number of amides is 2. The molecule has 6 nitrogen and oxygen atoms in total. The van der Waals surface area contributed by atoms with Crippen LogP contribution >= 0.6 is 0 Å². The molecule has 108 valence electrons. The smallest absolute Gasteiger partial charge is 0.312 e. The minimum atomic E-state index is -0.452. The third-order valence-electron chi connectivity index (χ3n) is 2.54. The van der Waals surface area contributed by atoms with E-state index in [2.05, 4.69) is 5.32 Å². The molecule has 0 aliphatic carbocycles. The van der Waals surface area contributed by atoms with E-state index in [4.69, 9.17) is 19.6 Å². The summed E-state index contributed by atoms with van der Waals surface area (Å²) in [6.07, 6.45) is 4.23. The normalized spacial score (nSPS) is 11.5. The lowest BCUT2D eigenvalue weighted by Gasteiger charge is -2.13. The van der Waals surface area contributed by atoms with Crippen LogP contribution in [0, 0.1) is 0 Å². The SMILES string of the molecule is COC(CO[SiH2]CCCCCCNC(N)=O)OC. The van der Waals surface area contributed by atoms with Crippen LogP contribution in [-0.2, 0) is 13.9 Å². The van der Waals surface area contributed by atoms with Crippen molar-refractivity contribution in [3.63, 3.8) is 0 Å². The third kappa shape index (κ3) is 11.8. The molecule has 0 fully saturated rings. The van der Waals surface area contributed by atoms with E-state index >= 15 is 0 Å². The molecule has 0 bridgehead atoms. The van der Waals surface area contributed by atoms with Gasteiger partial charge in [0.05, 0.1) is 6.61 Å². The number of carbonyl (C=O) groups excluding carboxylic acids is 1.